The highest BCUT2D eigenvalue weighted by molar-refractivity contribution is 7.71. The van der Waals surface area contributed by atoms with E-state index in [2.05, 4.69) is 17.0 Å². The number of anilines is 1. The normalized spacial score (nSPS) is 12.5. The van der Waals surface area contributed by atoms with Crippen LogP contribution in [0.15, 0.2) is 30.8 Å². The molecule has 0 radical (unpaired) electrons. The molecule has 0 aliphatic carbocycles. The molecular weight excluding hydrogens is 220 g/mol. The van der Waals surface area contributed by atoms with E-state index in [0.717, 1.165) is 17.1 Å². The number of aromatic nitrogens is 3. The molecule has 1 aromatic carbocycles. The fourth-order valence-corrected chi connectivity index (χ4v) is 2.14. The molecule has 5 heteroatoms. The maximum Gasteiger partial charge on any atom is 0.203 e. The van der Waals surface area contributed by atoms with Crippen LogP contribution in [0.3, 0.4) is 0 Å². The summed E-state index contributed by atoms with van der Waals surface area (Å²) in [5.74, 6) is 0.888. The second-order valence-corrected chi connectivity index (χ2v) is 3.91. The van der Waals surface area contributed by atoms with Gasteiger partial charge in [-0.2, -0.15) is 0 Å². The molecule has 0 saturated heterocycles. The first-order valence-corrected chi connectivity index (χ1v) is 5.37. The van der Waals surface area contributed by atoms with Crippen molar-refractivity contribution in [2.24, 2.45) is 0 Å². The minimum absolute atomic E-state index is 0.652. The molecule has 3 rings (SSSR count). The zero-order chi connectivity index (χ0) is 11.1. The largest absolute Gasteiger partial charge is 0.367 e. The summed E-state index contributed by atoms with van der Waals surface area (Å²) >= 11 is 5.29. The number of rotatable bonds is 1. The van der Waals surface area contributed by atoms with Crippen molar-refractivity contribution in [2.45, 2.75) is 6.67 Å². The molecule has 0 bridgehead atoms. The molecule has 16 heavy (non-hydrogen) atoms. The van der Waals surface area contributed by atoms with Crippen molar-refractivity contribution in [2.75, 3.05) is 5.32 Å². The summed E-state index contributed by atoms with van der Waals surface area (Å²) in [6.07, 6.45) is 1.62. The molecule has 0 unspecified atom stereocenters. The van der Waals surface area contributed by atoms with E-state index in [1.165, 1.54) is 0 Å². The van der Waals surface area contributed by atoms with Crippen LogP contribution in [0.25, 0.3) is 17.6 Å². The third-order valence-corrected chi connectivity index (χ3v) is 3.06. The summed E-state index contributed by atoms with van der Waals surface area (Å²) in [5, 5.41) is 7.73. The molecule has 1 N–H and O–H groups in total. The van der Waals surface area contributed by atoms with E-state index in [9.17, 15) is 0 Å². The number of nitrogens with one attached hydrogen (secondary N) is 1. The van der Waals surface area contributed by atoms with Crippen LogP contribution in [-0.2, 0) is 6.67 Å². The number of para-hydroxylation sites is 1. The van der Waals surface area contributed by atoms with Crippen molar-refractivity contribution in [1.29, 1.82) is 0 Å². The molecule has 2 aromatic rings. The Morgan fingerprint density at radius 2 is 2.25 bits per heavy atom. The third-order valence-electron chi connectivity index (χ3n) is 2.65. The first-order chi connectivity index (χ1) is 7.81. The number of fused-ring (bicyclic) bond motifs is 3. The minimum Gasteiger partial charge on any atom is -0.367 e. The van der Waals surface area contributed by atoms with Gasteiger partial charge in [-0.25, -0.2) is 4.68 Å². The summed E-state index contributed by atoms with van der Waals surface area (Å²) in [6, 6.07) is 8.06. The minimum atomic E-state index is 0.652. The Morgan fingerprint density at radius 3 is 3.06 bits per heavy atom. The second-order valence-electron chi connectivity index (χ2n) is 3.54. The average Bonchev–Trinajstić information content (AvgIpc) is 2.67. The highest BCUT2D eigenvalue weighted by atomic mass is 32.1. The number of benzene rings is 1. The van der Waals surface area contributed by atoms with Gasteiger partial charge in [-0.1, -0.05) is 18.7 Å². The molecule has 0 spiro atoms. The van der Waals surface area contributed by atoms with E-state index >= 15 is 0 Å². The van der Waals surface area contributed by atoms with Crippen LogP contribution in [0, 0.1) is 4.77 Å². The molecule has 4 nitrogen and oxygen atoms in total. The van der Waals surface area contributed by atoms with Gasteiger partial charge in [-0.15, -0.1) is 5.10 Å². The molecule has 1 aliphatic heterocycles. The van der Waals surface area contributed by atoms with Crippen LogP contribution in [0.5, 0.6) is 0 Å². The van der Waals surface area contributed by atoms with E-state index < -0.39 is 0 Å². The van der Waals surface area contributed by atoms with Gasteiger partial charge in [0.2, 0.25) is 4.77 Å². The van der Waals surface area contributed by atoms with Gasteiger partial charge in [0.05, 0.1) is 6.67 Å². The lowest BCUT2D eigenvalue weighted by Gasteiger charge is -2.18. The molecule has 2 heterocycles. The molecule has 0 saturated carbocycles. The van der Waals surface area contributed by atoms with E-state index in [4.69, 9.17) is 12.2 Å². The Labute approximate surface area is 97.8 Å². The Hall–Kier alpha value is -1.88. The first kappa shape index (κ1) is 9.35. The SMILES string of the molecule is C=Cn1nc2n(c1=S)CNc1ccccc1-2. The van der Waals surface area contributed by atoms with Gasteiger partial charge in [-0.05, 0) is 24.4 Å². The van der Waals surface area contributed by atoms with Crippen LogP contribution >= 0.6 is 12.2 Å². The number of hydrogen-bond acceptors (Lipinski definition) is 3. The van der Waals surface area contributed by atoms with Crippen LogP contribution in [0.4, 0.5) is 5.69 Å². The maximum absolute atomic E-state index is 5.29. The van der Waals surface area contributed by atoms with Crippen LogP contribution < -0.4 is 5.32 Å². The molecule has 1 aliphatic rings. The summed E-state index contributed by atoms with van der Waals surface area (Å²) < 4.78 is 4.24. The van der Waals surface area contributed by atoms with Crippen molar-refractivity contribution in [3.05, 3.63) is 35.6 Å². The quantitative estimate of drug-likeness (QED) is 0.765. The van der Waals surface area contributed by atoms with Crippen LogP contribution in [-0.4, -0.2) is 14.3 Å². The fraction of sp³-hybridized carbons (Fsp3) is 0.0909. The van der Waals surface area contributed by atoms with Gasteiger partial charge in [0, 0.05) is 17.5 Å². The molecular formula is C11H10N4S. The summed E-state index contributed by atoms with van der Waals surface area (Å²) in [5.41, 5.74) is 2.16. The van der Waals surface area contributed by atoms with E-state index in [-0.39, 0.29) is 0 Å². The van der Waals surface area contributed by atoms with Crippen LogP contribution in [0.2, 0.25) is 0 Å². The summed E-state index contributed by atoms with van der Waals surface area (Å²) in [7, 11) is 0. The van der Waals surface area contributed by atoms with Gasteiger partial charge in [0.1, 0.15) is 0 Å². The van der Waals surface area contributed by atoms with E-state index in [1.807, 2.05) is 28.8 Å². The summed E-state index contributed by atoms with van der Waals surface area (Å²) in [4.78, 5) is 0. The molecule has 0 amide bonds. The fourth-order valence-electron chi connectivity index (χ4n) is 1.87. The Morgan fingerprint density at radius 1 is 1.44 bits per heavy atom. The van der Waals surface area contributed by atoms with Crippen LogP contribution in [0.1, 0.15) is 0 Å². The predicted octanol–water partition coefficient (Wildman–Crippen LogP) is 2.56. The lowest BCUT2D eigenvalue weighted by Crippen LogP contribution is -2.15. The Balaban J connectivity index is 2.33. The topological polar surface area (TPSA) is 34.8 Å². The predicted molar refractivity (Wildman–Crippen MR) is 66.5 cm³/mol. The maximum atomic E-state index is 5.29. The molecule has 0 fully saturated rings. The molecule has 0 atom stereocenters. The van der Waals surface area contributed by atoms with Crippen molar-refractivity contribution in [3.63, 3.8) is 0 Å². The third kappa shape index (κ3) is 1.15. The zero-order valence-corrected chi connectivity index (χ0v) is 9.37. The lowest BCUT2D eigenvalue weighted by molar-refractivity contribution is 0.749. The molecule has 80 valence electrons. The molecule has 1 aromatic heterocycles. The zero-order valence-electron chi connectivity index (χ0n) is 8.55. The highest BCUT2D eigenvalue weighted by Gasteiger charge is 2.18. The number of nitrogens with zero attached hydrogens (tertiary/aromatic N) is 3. The lowest BCUT2D eigenvalue weighted by atomic mass is 10.1. The van der Waals surface area contributed by atoms with Crippen molar-refractivity contribution < 1.29 is 0 Å². The highest BCUT2D eigenvalue weighted by Crippen LogP contribution is 2.30. The first-order valence-electron chi connectivity index (χ1n) is 4.96. The standard InChI is InChI=1S/C11H10N4S/c1-2-15-11(16)14-7-12-9-6-4-3-5-8(9)10(14)13-15/h2-6,12H,1,7H2. The Kier molecular flexibility index (Phi) is 1.94. The van der Waals surface area contributed by atoms with Gasteiger partial charge >= 0.3 is 0 Å². The van der Waals surface area contributed by atoms with Crippen molar-refractivity contribution in [3.8, 4) is 11.4 Å². The van der Waals surface area contributed by atoms with Gasteiger partial charge in [0.15, 0.2) is 5.82 Å². The van der Waals surface area contributed by atoms with Gasteiger partial charge in [-0.3, -0.25) is 4.57 Å². The van der Waals surface area contributed by atoms with Crippen molar-refractivity contribution in [1.82, 2.24) is 14.3 Å². The van der Waals surface area contributed by atoms with E-state index in [0.29, 0.717) is 11.4 Å². The van der Waals surface area contributed by atoms with E-state index in [1.54, 1.807) is 10.9 Å². The average molecular weight is 230 g/mol. The smallest absolute Gasteiger partial charge is 0.203 e. The Bertz CT molecular complexity index is 623. The summed E-state index contributed by atoms with van der Waals surface area (Å²) in [6.45, 7) is 4.34. The van der Waals surface area contributed by atoms with Crippen molar-refractivity contribution >= 4 is 24.1 Å². The van der Waals surface area contributed by atoms with Gasteiger partial charge < -0.3 is 5.32 Å². The second kappa shape index (κ2) is 3.31. The van der Waals surface area contributed by atoms with Gasteiger partial charge in [0.25, 0.3) is 0 Å². The monoisotopic (exact) mass is 230 g/mol. The number of hydrogen-bond donors (Lipinski definition) is 1.